The first kappa shape index (κ1) is 26.0. The van der Waals surface area contributed by atoms with Gasteiger partial charge in [0.15, 0.2) is 0 Å². The Labute approximate surface area is 250 Å². The van der Waals surface area contributed by atoms with Gasteiger partial charge in [0, 0.05) is 45.3 Å². The minimum atomic E-state index is 0.477. The highest BCUT2D eigenvalue weighted by Gasteiger charge is 2.17. The van der Waals surface area contributed by atoms with Gasteiger partial charge in [-0.25, -0.2) is 0 Å². The summed E-state index contributed by atoms with van der Waals surface area (Å²) in [4.78, 5) is 4.49. The summed E-state index contributed by atoms with van der Waals surface area (Å²) in [6.07, 6.45) is 0. The van der Waals surface area contributed by atoms with Crippen LogP contribution in [0.1, 0.15) is 0 Å². The second kappa shape index (κ2) is 11.9. The van der Waals surface area contributed by atoms with Gasteiger partial charge in [-0.2, -0.15) is 0 Å². The third-order valence-electron chi connectivity index (χ3n) is 7.21. The molecular weight excluding hydrogens is 528 g/mol. The zero-order chi connectivity index (χ0) is 28.8. The zero-order valence-corrected chi connectivity index (χ0v) is 23.4. The second-order valence-corrected chi connectivity index (χ2v) is 10.0. The van der Waals surface area contributed by atoms with E-state index in [1.807, 2.05) is 60.7 Å². The van der Waals surface area contributed by atoms with Gasteiger partial charge in [-0.15, -0.1) is 10.2 Å². The molecule has 5 nitrogen and oxygen atoms in total. The molecule has 206 valence electrons. The molecule has 6 aromatic carbocycles. The molecule has 0 radical (unpaired) electrons. The molecule has 0 saturated carbocycles. The van der Waals surface area contributed by atoms with E-state index >= 15 is 0 Å². The highest BCUT2D eigenvalue weighted by molar-refractivity contribution is 5.82. The Hall–Kier alpha value is -5.94. The average Bonchev–Trinajstić information content (AvgIpc) is 3.59. The van der Waals surface area contributed by atoms with Gasteiger partial charge in [0.1, 0.15) is 0 Å². The maximum absolute atomic E-state index is 6.08. The molecule has 43 heavy (non-hydrogen) atoms. The van der Waals surface area contributed by atoms with Gasteiger partial charge in [-0.3, -0.25) is 0 Å². The molecular formula is C38H28N4O. The van der Waals surface area contributed by atoms with E-state index in [0.29, 0.717) is 11.8 Å². The molecule has 0 bridgehead atoms. The Balaban J connectivity index is 1.26. The van der Waals surface area contributed by atoms with Crippen molar-refractivity contribution in [2.45, 2.75) is 0 Å². The van der Waals surface area contributed by atoms with Crippen LogP contribution in [-0.2, 0) is 0 Å². The fourth-order valence-electron chi connectivity index (χ4n) is 5.19. The van der Waals surface area contributed by atoms with Crippen molar-refractivity contribution in [2.24, 2.45) is 0 Å². The monoisotopic (exact) mass is 556 g/mol. The summed E-state index contributed by atoms with van der Waals surface area (Å²) in [5.41, 5.74) is 8.08. The van der Waals surface area contributed by atoms with Crippen LogP contribution in [0.2, 0.25) is 0 Å². The summed E-state index contributed by atoms with van der Waals surface area (Å²) in [6.45, 7) is 0. The van der Waals surface area contributed by atoms with E-state index in [9.17, 15) is 0 Å². The molecule has 0 aliphatic rings. The molecule has 5 heteroatoms. The highest BCUT2D eigenvalue weighted by Crippen LogP contribution is 2.39. The topological polar surface area (TPSA) is 45.4 Å². The number of aromatic nitrogens is 2. The lowest BCUT2D eigenvalue weighted by molar-refractivity contribution is 0.584. The van der Waals surface area contributed by atoms with E-state index in [1.165, 1.54) is 0 Å². The second-order valence-electron chi connectivity index (χ2n) is 10.0. The molecule has 1 aromatic heterocycles. The van der Waals surface area contributed by atoms with Gasteiger partial charge < -0.3 is 14.2 Å². The van der Waals surface area contributed by atoms with Crippen molar-refractivity contribution < 1.29 is 4.42 Å². The highest BCUT2D eigenvalue weighted by atomic mass is 16.4. The third kappa shape index (κ3) is 5.52. The number of nitrogens with zero attached hydrogens (tertiary/aromatic N) is 4. The number of benzene rings is 6. The summed E-state index contributed by atoms with van der Waals surface area (Å²) >= 11 is 0. The van der Waals surface area contributed by atoms with Gasteiger partial charge in [-0.1, -0.05) is 78.9 Å². The van der Waals surface area contributed by atoms with Crippen molar-refractivity contribution in [1.29, 1.82) is 0 Å². The summed E-state index contributed by atoms with van der Waals surface area (Å²) in [7, 11) is 0. The summed E-state index contributed by atoms with van der Waals surface area (Å²) in [5, 5.41) is 8.65. The maximum Gasteiger partial charge on any atom is 0.248 e. The van der Waals surface area contributed by atoms with Crippen LogP contribution in [0.15, 0.2) is 174 Å². The Kier molecular flexibility index (Phi) is 7.19. The van der Waals surface area contributed by atoms with Crippen molar-refractivity contribution in [3.8, 4) is 22.9 Å². The molecule has 7 rings (SSSR count). The molecule has 0 N–H and O–H groups in total. The molecule has 1 heterocycles. The van der Waals surface area contributed by atoms with Crippen LogP contribution in [0.5, 0.6) is 0 Å². The molecule has 0 amide bonds. The molecule has 0 spiro atoms. The number of para-hydroxylation sites is 3. The fraction of sp³-hybridized carbons (Fsp3) is 0. The van der Waals surface area contributed by atoms with E-state index in [1.54, 1.807) is 0 Å². The summed E-state index contributed by atoms with van der Waals surface area (Å²) in [5.74, 6) is 0.975. The van der Waals surface area contributed by atoms with Crippen molar-refractivity contribution in [2.75, 3.05) is 9.80 Å². The van der Waals surface area contributed by atoms with Crippen molar-refractivity contribution in [1.82, 2.24) is 10.2 Å². The fourth-order valence-corrected chi connectivity index (χ4v) is 5.19. The minimum absolute atomic E-state index is 0.477. The largest absolute Gasteiger partial charge is 0.416 e. The number of anilines is 6. The van der Waals surface area contributed by atoms with Crippen LogP contribution >= 0.6 is 0 Å². The van der Waals surface area contributed by atoms with Gasteiger partial charge >= 0.3 is 0 Å². The first-order valence-corrected chi connectivity index (χ1v) is 14.2. The molecule has 0 fully saturated rings. The van der Waals surface area contributed by atoms with E-state index in [4.69, 9.17) is 4.42 Å². The predicted molar refractivity (Wildman–Crippen MR) is 175 cm³/mol. The number of hydrogen-bond acceptors (Lipinski definition) is 5. The van der Waals surface area contributed by atoms with Crippen LogP contribution in [0.4, 0.5) is 34.1 Å². The average molecular weight is 557 g/mol. The van der Waals surface area contributed by atoms with Crippen molar-refractivity contribution in [3.63, 3.8) is 0 Å². The molecule has 0 atom stereocenters. The predicted octanol–water partition coefficient (Wildman–Crippen LogP) is 10.3. The van der Waals surface area contributed by atoms with Crippen LogP contribution in [-0.4, -0.2) is 10.2 Å². The zero-order valence-electron chi connectivity index (χ0n) is 23.4. The summed E-state index contributed by atoms with van der Waals surface area (Å²) < 4.78 is 6.08. The van der Waals surface area contributed by atoms with Gasteiger partial charge in [0.2, 0.25) is 11.8 Å². The lowest BCUT2D eigenvalue weighted by atomic mass is 10.1. The SMILES string of the molecule is c1ccc(-c2nnc(-c3cccc(N(c4ccccc4)c4ccc(N(c5ccccc5)c5ccccc5)cc4)c3)o2)cc1. The van der Waals surface area contributed by atoms with Gasteiger partial charge in [0.05, 0.1) is 0 Å². The van der Waals surface area contributed by atoms with Gasteiger partial charge in [0.25, 0.3) is 0 Å². The first-order chi connectivity index (χ1) is 21.3. The molecule has 0 aliphatic heterocycles. The molecule has 0 saturated heterocycles. The van der Waals surface area contributed by atoms with Crippen molar-refractivity contribution in [3.05, 3.63) is 170 Å². The van der Waals surface area contributed by atoms with E-state index in [0.717, 1.165) is 45.3 Å². The van der Waals surface area contributed by atoms with E-state index in [-0.39, 0.29) is 0 Å². The van der Waals surface area contributed by atoms with Gasteiger partial charge in [-0.05, 0) is 91.0 Å². The van der Waals surface area contributed by atoms with Crippen LogP contribution in [0.3, 0.4) is 0 Å². The first-order valence-electron chi connectivity index (χ1n) is 14.2. The maximum atomic E-state index is 6.08. The normalized spacial score (nSPS) is 10.8. The Morgan fingerprint density at radius 1 is 0.326 bits per heavy atom. The Morgan fingerprint density at radius 3 is 1.16 bits per heavy atom. The Bertz CT molecular complexity index is 1870. The standard InChI is InChI=1S/C38H28N4O/c1-5-14-29(15-6-1)37-39-40-38(43-37)30-16-13-23-36(28-30)42(33-21-11-4-12-22-33)35-26-24-34(25-27-35)41(31-17-7-2-8-18-31)32-19-9-3-10-20-32/h1-28H. The minimum Gasteiger partial charge on any atom is -0.416 e. The molecule has 0 aliphatic carbocycles. The Morgan fingerprint density at radius 2 is 0.674 bits per heavy atom. The number of hydrogen-bond donors (Lipinski definition) is 0. The lowest BCUT2D eigenvalue weighted by Crippen LogP contribution is -2.12. The quantitative estimate of drug-likeness (QED) is 0.186. The smallest absolute Gasteiger partial charge is 0.248 e. The number of rotatable bonds is 8. The van der Waals surface area contributed by atoms with Crippen LogP contribution in [0, 0.1) is 0 Å². The molecule has 7 aromatic rings. The van der Waals surface area contributed by atoms with Crippen LogP contribution < -0.4 is 9.80 Å². The van der Waals surface area contributed by atoms with E-state index < -0.39 is 0 Å². The van der Waals surface area contributed by atoms with Crippen LogP contribution in [0.25, 0.3) is 22.9 Å². The molecule has 0 unspecified atom stereocenters. The van der Waals surface area contributed by atoms with E-state index in [2.05, 4.69) is 129 Å². The third-order valence-corrected chi connectivity index (χ3v) is 7.21. The summed E-state index contributed by atoms with van der Waals surface area (Å²) in [6, 6.07) is 57.9. The lowest BCUT2D eigenvalue weighted by Gasteiger charge is -2.28. The van der Waals surface area contributed by atoms with Crippen molar-refractivity contribution >= 4 is 34.1 Å².